The number of nitrogens with zero attached hydrogens (tertiary/aromatic N) is 1. The molecule has 116 valence electrons. The summed E-state index contributed by atoms with van der Waals surface area (Å²) in [6.07, 6.45) is 0. The van der Waals surface area contributed by atoms with Gasteiger partial charge in [-0.3, -0.25) is 0 Å². The minimum Gasteiger partial charge on any atom is -0.478 e. The number of carbonyl (C=O) groups is 1. The molecule has 0 spiro atoms. The van der Waals surface area contributed by atoms with Crippen molar-refractivity contribution in [2.45, 2.75) is 20.8 Å². The SMILES string of the molecule is Cc1ccc(C)c(-c2cc(C(=O)O)c3ccc(Cl)c(C)c3n2)c1. The van der Waals surface area contributed by atoms with Crippen LogP contribution in [0.5, 0.6) is 0 Å². The number of aromatic carboxylic acids is 1. The Morgan fingerprint density at radius 2 is 1.83 bits per heavy atom. The van der Waals surface area contributed by atoms with Crippen molar-refractivity contribution in [1.29, 1.82) is 0 Å². The minimum absolute atomic E-state index is 0.241. The lowest BCUT2D eigenvalue weighted by Gasteiger charge is -2.12. The zero-order chi connectivity index (χ0) is 16.7. The first-order valence-corrected chi connectivity index (χ1v) is 7.67. The lowest BCUT2D eigenvalue weighted by atomic mass is 9.98. The van der Waals surface area contributed by atoms with Crippen LogP contribution in [0.15, 0.2) is 36.4 Å². The van der Waals surface area contributed by atoms with E-state index in [0.717, 1.165) is 22.3 Å². The summed E-state index contributed by atoms with van der Waals surface area (Å²) in [6.45, 7) is 5.85. The van der Waals surface area contributed by atoms with Gasteiger partial charge in [0.25, 0.3) is 0 Å². The summed E-state index contributed by atoms with van der Waals surface area (Å²) in [7, 11) is 0. The first-order chi connectivity index (χ1) is 10.9. The standard InChI is InChI=1S/C19H16ClNO2/c1-10-4-5-11(2)14(8-10)17-9-15(19(22)23)13-6-7-16(20)12(3)18(13)21-17/h4-9H,1-3H3,(H,22,23). The maximum absolute atomic E-state index is 11.7. The third kappa shape index (κ3) is 2.68. The monoisotopic (exact) mass is 325 g/mol. The summed E-state index contributed by atoms with van der Waals surface area (Å²) in [5.41, 5.74) is 5.42. The number of pyridine rings is 1. The number of hydrogen-bond donors (Lipinski definition) is 1. The highest BCUT2D eigenvalue weighted by Gasteiger charge is 2.16. The van der Waals surface area contributed by atoms with Gasteiger partial charge in [0.05, 0.1) is 16.8 Å². The Balaban J connectivity index is 2.41. The number of carboxylic acid groups (broad SMARTS) is 1. The molecule has 0 aliphatic rings. The molecule has 0 atom stereocenters. The fraction of sp³-hybridized carbons (Fsp3) is 0.158. The zero-order valence-electron chi connectivity index (χ0n) is 13.1. The van der Waals surface area contributed by atoms with Gasteiger partial charge < -0.3 is 5.11 Å². The summed E-state index contributed by atoms with van der Waals surface area (Å²) in [5, 5.41) is 10.8. The van der Waals surface area contributed by atoms with E-state index in [1.54, 1.807) is 18.2 Å². The van der Waals surface area contributed by atoms with Gasteiger partial charge in [-0.25, -0.2) is 9.78 Å². The van der Waals surface area contributed by atoms with Crippen molar-refractivity contribution in [2.75, 3.05) is 0 Å². The van der Waals surface area contributed by atoms with Crippen LogP contribution in [0.3, 0.4) is 0 Å². The molecule has 0 fully saturated rings. The average Bonchev–Trinajstić information content (AvgIpc) is 2.52. The van der Waals surface area contributed by atoms with Crippen molar-refractivity contribution in [1.82, 2.24) is 4.98 Å². The molecule has 0 amide bonds. The van der Waals surface area contributed by atoms with E-state index in [9.17, 15) is 9.90 Å². The van der Waals surface area contributed by atoms with Crippen LogP contribution in [0, 0.1) is 20.8 Å². The smallest absolute Gasteiger partial charge is 0.336 e. The van der Waals surface area contributed by atoms with E-state index in [-0.39, 0.29) is 5.56 Å². The zero-order valence-corrected chi connectivity index (χ0v) is 13.9. The molecule has 3 aromatic rings. The molecule has 0 unspecified atom stereocenters. The number of hydrogen-bond acceptors (Lipinski definition) is 2. The largest absolute Gasteiger partial charge is 0.478 e. The highest BCUT2D eigenvalue weighted by Crippen LogP contribution is 2.31. The van der Waals surface area contributed by atoms with Gasteiger partial charge >= 0.3 is 5.97 Å². The molecule has 4 heteroatoms. The Bertz CT molecular complexity index is 948. The first kappa shape index (κ1) is 15.5. The molecule has 1 heterocycles. The molecular weight excluding hydrogens is 310 g/mol. The van der Waals surface area contributed by atoms with E-state index in [4.69, 9.17) is 16.6 Å². The second-order valence-corrected chi connectivity index (χ2v) is 6.15. The van der Waals surface area contributed by atoms with Gasteiger partial charge in [-0.2, -0.15) is 0 Å². The summed E-state index contributed by atoms with van der Waals surface area (Å²) < 4.78 is 0. The van der Waals surface area contributed by atoms with Gasteiger partial charge in [-0.05, 0) is 50.1 Å². The Hall–Kier alpha value is -2.39. The van der Waals surface area contributed by atoms with Crippen LogP contribution in [0.2, 0.25) is 5.02 Å². The van der Waals surface area contributed by atoms with Crippen LogP contribution in [0.25, 0.3) is 22.2 Å². The highest BCUT2D eigenvalue weighted by atomic mass is 35.5. The fourth-order valence-electron chi connectivity index (χ4n) is 2.73. The molecule has 0 saturated carbocycles. The van der Waals surface area contributed by atoms with E-state index in [2.05, 4.69) is 0 Å². The Morgan fingerprint density at radius 1 is 1.09 bits per heavy atom. The number of carboxylic acids is 1. The van der Waals surface area contributed by atoms with Crippen LogP contribution in [-0.4, -0.2) is 16.1 Å². The Kier molecular flexibility index (Phi) is 3.82. The Morgan fingerprint density at radius 3 is 2.52 bits per heavy atom. The third-order valence-corrected chi connectivity index (χ3v) is 4.48. The predicted molar refractivity (Wildman–Crippen MR) is 93.4 cm³/mol. The van der Waals surface area contributed by atoms with Crippen molar-refractivity contribution < 1.29 is 9.90 Å². The van der Waals surface area contributed by atoms with Crippen LogP contribution in [0.4, 0.5) is 0 Å². The average molecular weight is 326 g/mol. The van der Waals surface area contributed by atoms with Crippen LogP contribution in [0.1, 0.15) is 27.0 Å². The molecule has 3 nitrogen and oxygen atoms in total. The normalized spacial score (nSPS) is 11.0. The third-order valence-electron chi connectivity index (χ3n) is 4.07. The fourth-order valence-corrected chi connectivity index (χ4v) is 2.88. The van der Waals surface area contributed by atoms with Crippen molar-refractivity contribution >= 4 is 28.5 Å². The molecule has 23 heavy (non-hydrogen) atoms. The van der Waals surface area contributed by atoms with Crippen molar-refractivity contribution in [3.63, 3.8) is 0 Å². The van der Waals surface area contributed by atoms with E-state index in [1.807, 2.05) is 39.0 Å². The lowest BCUT2D eigenvalue weighted by Crippen LogP contribution is -2.02. The summed E-state index contributed by atoms with van der Waals surface area (Å²) in [4.78, 5) is 16.4. The number of aryl methyl sites for hydroxylation is 3. The van der Waals surface area contributed by atoms with Gasteiger partial charge in [-0.15, -0.1) is 0 Å². The van der Waals surface area contributed by atoms with Gasteiger partial charge in [0.15, 0.2) is 0 Å². The minimum atomic E-state index is -0.967. The topological polar surface area (TPSA) is 50.2 Å². The molecule has 2 aromatic carbocycles. The second kappa shape index (κ2) is 5.67. The van der Waals surface area contributed by atoms with E-state index in [1.165, 1.54) is 0 Å². The molecule has 0 aliphatic heterocycles. The molecule has 1 N–H and O–H groups in total. The number of halogens is 1. The molecule has 1 aromatic heterocycles. The number of benzene rings is 2. The molecule has 0 bridgehead atoms. The predicted octanol–water partition coefficient (Wildman–Crippen LogP) is 5.18. The van der Waals surface area contributed by atoms with E-state index < -0.39 is 5.97 Å². The molecule has 0 radical (unpaired) electrons. The molecule has 0 aliphatic carbocycles. The lowest BCUT2D eigenvalue weighted by molar-refractivity contribution is 0.0699. The maximum atomic E-state index is 11.7. The quantitative estimate of drug-likeness (QED) is 0.706. The van der Waals surface area contributed by atoms with Crippen molar-refractivity contribution in [2.24, 2.45) is 0 Å². The molecule has 0 saturated heterocycles. The van der Waals surface area contributed by atoms with Crippen molar-refractivity contribution in [3.8, 4) is 11.3 Å². The summed E-state index contributed by atoms with van der Waals surface area (Å²) in [5.74, 6) is -0.967. The number of fused-ring (bicyclic) bond motifs is 1. The Labute approximate surface area is 139 Å². The van der Waals surface area contributed by atoms with Gasteiger partial charge in [-0.1, -0.05) is 35.4 Å². The number of aromatic nitrogens is 1. The molecular formula is C19H16ClNO2. The van der Waals surface area contributed by atoms with E-state index in [0.29, 0.717) is 21.6 Å². The molecule has 3 rings (SSSR count). The maximum Gasteiger partial charge on any atom is 0.336 e. The van der Waals surface area contributed by atoms with Crippen LogP contribution >= 0.6 is 11.6 Å². The first-order valence-electron chi connectivity index (χ1n) is 7.29. The van der Waals surface area contributed by atoms with Crippen LogP contribution < -0.4 is 0 Å². The van der Waals surface area contributed by atoms with Gasteiger partial charge in [0.2, 0.25) is 0 Å². The van der Waals surface area contributed by atoms with E-state index >= 15 is 0 Å². The van der Waals surface area contributed by atoms with Crippen LogP contribution in [-0.2, 0) is 0 Å². The van der Waals surface area contributed by atoms with Gasteiger partial charge in [0.1, 0.15) is 0 Å². The van der Waals surface area contributed by atoms with Gasteiger partial charge in [0, 0.05) is 16.0 Å². The highest BCUT2D eigenvalue weighted by molar-refractivity contribution is 6.32. The number of rotatable bonds is 2. The summed E-state index contributed by atoms with van der Waals surface area (Å²) >= 11 is 6.19. The summed E-state index contributed by atoms with van der Waals surface area (Å²) in [6, 6.07) is 11.1. The van der Waals surface area contributed by atoms with Crippen molar-refractivity contribution in [3.05, 3.63) is 63.7 Å². The second-order valence-electron chi connectivity index (χ2n) is 5.75.